The molecule has 3 nitrogen and oxygen atoms in total. The Morgan fingerprint density at radius 2 is 1.65 bits per heavy atom. The lowest BCUT2D eigenvalue weighted by Crippen LogP contribution is -2.26. The van der Waals surface area contributed by atoms with Crippen LogP contribution in [-0.4, -0.2) is 23.0 Å². The van der Waals surface area contributed by atoms with Crippen LogP contribution in [0.4, 0.5) is 4.39 Å². The third-order valence-corrected chi connectivity index (χ3v) is 3.81. The number of phenols is 1. The molecule has 0 heterocycles. The standard InChI is InChI=1S/C19H16FNO2/c1-21(12-15-8-4-5-9-17(15)20)19(23)16-10-13-6-2-3-7-14(13)11-18(16)22/h2-11,22H,12H2,1H3. The normalized spacial score (nSPS) is 10.7. The lowest BCUT2D eigenvalue weighted by molar-refractivity contribution is 0.0781. The largest absolute Gasteiger partial charge is 0.507 e. The number of phenolic OH excluding ortho intramolecular Hbond substituents is 1. The molecule has 23 heavy (non-hydrogen) atoms. The van der Waals surface area contributed by atoms with Crippen molar-refractivity contribution in [3.05, 3.63) is 77.6 Å². The van der Waals surface area contributed by atoms with Crippen molar-refractivity contribution < 1.29 is 14.3 Å². The molecule has 3 rings (SSSR count). The first kappa shape index (κ1) is 15.0. The predicted octanol–water partition coefficient (Wildman–Crippen LogP) is 3.96. The Labute approximate surface area is 133 Å². The average Bonchev–Trinajstić information content (AvgIpc) is 2.55. The Hall–Kier alpha value is -2.88. The molecule has 0 aromatic heterocycles. The summed E-state index contributed by atoms with van der Waals surface area (Å²) < 4.78 is 13.7. The Morgan fingerprint density at radius 1 is 1.04 bits per heavy atom. The Kier molecular flexibility index (Phi) is 3.98. The molecular weight excluding hydrogens is 293 g/mol. The van der Waals surface area contributed by atoms with Gasteiger partial charge in [0.25, 0.3) is 5.91 Å². The van der Waals surface area contributed by atoms with Crippen molar-refractivity contribution in [3.63, 3.8) is 0 Å². The zero-order valence-corrected chi connectivity index (χ0v) is 12.7. The van der Waals surface area contributed by atoms with Gasteiger partial charge < -0.3 is 10.0 Å². The molecule has 0 spiro atoms. The first-order valence-electron chi connectivity index (χ1n) is 7.27. The van der Waals surface area contributed by atoms with E-state index in [-0.39, 0.29) is 29.6 Å². The van der Waals surface area contributed by atoms with E-state index in [9.17, 15) is 14.3 Å². The summed E-state index contributed by atoms with van der Waals surface area (Å²) in [5.74, 6) is -0.777. The Morgan fingerprint density at radius 3 is 2.35 bits per heavy atom. The van der Waals surface area contributed by atoms with Gasteiger partial charge in [-0.1, -0.05) is 42.5 Å². The second-order valence-electron chi connectivity index (χ2n) is 5.47. The molecule has 0 saturated carbocycles. The van der Waals surface area contributed by atoms with E-state index in [1.54, 1.807) is 37.4 Å². The maximum absolute atomic E-state index is 13.7. The number of hydrogen-bond donors (Lipinski definition) is 1. The van der Waals surface area contributed by atoms with Gasteiger partial charge in [-0.25, -0.2) is 4.39 Å². The molecule has 3 aromatic rings. The monoisotopic (exact) mass is 309 g/mol. The highest BCUT2D eigenvalue weighted by Gasteiger charge is 2.18. The molecular formula is C19H16FNO2. The van der Waals surface area contributed by atoms with Crippen LogP contribution in [0.3, 0.4) is 0 Å². The van der Waals surface area contributed by atoms with E-state index < -0.39 is 0 Å². The number of nitrogens with zero attached hydrogens (tertiary/aromatic N) is 1. The summed E-state index contributed by atoms with van der Waals surface area (Å²) in [7, 11) is 1.59. The van der Waals surface area contributed by atoms with E-state index in [2.05, 4.69) is 0 Å². The van der Waals surface area contributed by atoms with Crippen LogP contribution >= 0.6 is 0 Å². The van der Waals surface area contributed by atoms with Crippen LogP contribution in [0.15, 0.2) is 60.7 Å². The van der Waals surface area contributed by atoms with Crippen LogP contribution in [0, 0.1) is 5.82 Å². The number of carbonyl (C=O) groups excluding carboxylic acids is 1. The molecule has 0 radical (unpaired) electrons. The van der Waals surface area contributed by atoms with Crippen molar-refractivity contribution in [2.45, 2.75) is 6.54 Å². The van der Waals surface area contributed by atoms with Crippen molar-refractivity contribution >= 4 is 16.7 Å². The molecule has 0 aliphatic rings. The van der Waals surface area contributed by atoms with Gasteiger partial charge in [0.2, 0.25) is 0 Å². The van der Waals surface area contributed by atoms with Crippen molar-refractivity contribution in [1.82, 2.24) is 4.90 Å². The average molecular weight is 309 g/mol. The van der Waals surface area contributed by atoms with Gasteiger partial charge in [-0.15, -0.1) is 0 Å². The van der Waals surface area contributed by atoms with E-state index >= 15 is 0 Å². The van der Waals surface area contributed by atoms with Crippen LogP contribution < -0.4 is 0 Å². The highest BCUT2D eigenvalue weighted by atomic mass is 19.1. The number of rotatable bonds is 3. The fraction of sp³-hybridized carbons (Fsp3) is 0.105. The molecule has 0 aliphatic heterocycles. The molecule has 0 fully saturated rings. The fourth-order valence-electron chi connectivity index (χ4n) is 2.56. The van der Waals surface area contributed by atoms with Crippen LogP contribution in [-0.2, 0) is 6.54 Å². The van der Waals surface area contributed by atoms with E-state index in [0.29, 0.717) is 5.56 Å². The van der Waals surface area contributed by atoms with Crippen LogP contribution in [0.5, 0.6) is 5.75 Å². The quantitative estimate of drug-likeness (QED) is 0.795. The molecule has 4 heteroatoms. The molecule has 0 unspecified atom stereocenters. The lowest BCUT2D eigenvalue weighted by atomic mass is 10.0. The summed E-state index contributed by atoms with van der Waals surface area (Å²) in [6.45, 7) is 0.137. The Balaban J connectivity index is 1.90. The fourth-order valence-corrected chi connectivity index (χ4v) is 2.56. The highest BCUT2D eigenvalue weighted by molar-refractivity contribution is 6.01. The number of aromatic hydroxyl groups is 1. The van der Waals surface area contributed by atoms with Gasteiger partial charge in [0.05, 0.1) is 5.56 Å². The number of amides is 1. The van der Waals surface area contributed by atoms with Crippen LogP contribution in [0.25, 0.3) is 10.8 Å². The van der Waals surface area contributed by atoms with E-state index in [1.807, 2.05) is 24.3 Å². The molecule has 1 amide bonds. The first-order chi connectivity index (χ1) is 11.1. The van der Waals surface area contributed by atoms with Crippen molar-refractivity contribution in [1.29, 1.82) is 0 Å². The minimum atomic E-state index is -0.352. The van der Waals surface area contributed by atoms with Crippen molar-refractivity contribution in [2.24, 2.45) is 0 Å². The maximum atomic E-state index is 13.7. The second kappa shape index (κ2) is 6.08. The SMILES string of the molecule is CN(Cc1ccccc1F)C(=O)c1cc2ccccc2cc1O. The van der Waals surface area contributed by atoms with Crippen LogP contribution in [0.1, 0.15) is 15.9 Å². The van der Waals surface area contributed by atoms with Crippen LogP contribution in [0.2, 0.25) is 0 Å². The smallest absolute Gasteiger partial charge is 0.257 e. The van der Waals surface area contributed by atoms with Crippen molar-refractivity contribution in [2.75, 3.05) is 7.05 Å². The minimum absolute atomic E-state index is 0.0749. The topological polar surface area (TPSA) is 40.5 Å². The van der Waals surface area contributed by atoms with Gasteiger partial charge in [-0.2, -0.15) is 0 Å². The van der Waals surface area contributed by atoms with Gasteiger partial charge in [0.15, 0.2) is 0 Å². The summed E-state index contributed by atoms with van der Waals surface area (Å²) in [6, 6.07) is 17.0. The van der Waals surface area contributed by atoms with E-state index in [0.717, 1.165) is 10.8 Å². The summed E-state index contributed by atoms with van der Waals surface area (Å²) in [5.41, 5.74) is 0.645. The molecule has 0 saturated heterocycles. The summed E-state index contributed by atoms with van der Waals surface area (Å²) in [4.78, 5) is 14.0. The van der Waals surface area contributed by atoms with E-state index in [1.165, 1.54) is 11.0 Å². The minimum Gasteiger partial charge on any atom is -0.507 e. The lowest BCUT2D eigenvalue weighted by Gasteiger charge is -2.18. The van der Waals surface area contributed by atoms with Gasteiger partial charge in [-0.3, -0.25) is 4.79 Å². The van der Waals surface area contributed by atoms with Gasteiger partial charge in [0, 0.05) is 19.2 Å². The number of halogens is 1. The number of carbonyl (C=O) groups is 1. The second-order valence-corrected chi connectivity index (χ2v) is 5.47. The first-order valence-corrected chi connectivity index (χ1v) is 7.27. The summed E-state index contributed by atoms with van der Waals surface area (Å²) in [6.07, 6.45) is 0. The summed E-state index contributed by atoms with van der Waals surface area (Å²) >= 11 is 0. The van der Waals surface area contributed by atoms with Gasteiger partial charge in [0.1, 0.15) is 11.6 Å². The third kappa shape index (κ3) is 3.01. The zero-order chi connectivity index (χ0) is 16.4. The molecule has 0 atom stereocenters. The highest BCUT2D eigenvalue weighted by Crippen LogP contribution is 2.26. The summed E-state index contributed by atoms with van der Waals surface area (Å²) in [5, 5.41) is 11.9. The number of fused-ring (bicyclic) bond motifs is 1. The Bertz CT molecular complexity index is 876. The number of hydrogen-bond acceptors (Lipinski definition) is 2. The predicted molar refractivity (Wildman–Crippen MR) is 87.8 cm³/mol. The van der Waals surface area contributed by atoms with E-state index in [4.69, 9.17) is 0 Å². The van der Waals surface area contributed by atoms with Gasteiger partial charge in [-0.05, 0) is 29.0 Å². The molecule has 3 aromatic carbocycles. The molecule has 1 N–H and O–H groups in total. The maximum Gasteiger partial charge on any atom is 0.257 e. The molecule has 116 valence electrons. The molecule has 0 aliphatic carbocycles. The van der Waals surface area contributed by atoms with Gasteiger partial charge >= 0.3 is 0 Å². The van der Waals surface area contributed by atoms with Crippen molar-refractivity contribution in [3.8, 4) is 5.75 Å². The number of benzene rings is 3. The third-order valence-electron chi connectivity index (χ3n) is 3.81. The zero-order valence-electron chi connectivity index (χ0n) is 12.7. The molecule has 0 bridgehead atoms.